The number of rotatable bonds is 11. The summed E-state index contributed by atoms with van der Waals surface area (Å²) in [6.07, 6.45) is 20.3. The zero-order chi connectivity index (χ0) is 15.1. The molecule has 1 fully saturated rings. The van der Waals surface area contributed by atoms with E-state index < -0.39 is 0 Å². The smallest absolute Gasteiger partial charge is 0.0388 e. The average Bonchev–Trinajstić information content (AvgIpc) is 2.47. The fraction of sp³-hybridized carbons (Fsp3) is 1.00. The van der Waals surface area contributed by atoms with Gasteiger partial charge in [0, 0.05) is 0 Å². The van der Waals surface area contributed by atoms with Gasteiger partial charge in [-0.05, 0) is 18.3 Å². The summed E-state index contributed by atoms with van der Waals surface area (Å²) in [5.74, 6) is 2.15. The van der Waals surface area contributed by atoms with Gasteiger partial charge in [-0.15, -0.1) is 0 Å². The van der Waals surface area contributed by atoms with Crippen molar-refractivity contribution < 1.29 is 0 Å². The second kappa shape index (κ2) is 15.4. The summed E-state index contributed by atoms with van der Waals surface area (Å²) in [6, 6.07) is 0. The Morgan fingerprint density at radius 2 is 1.05 bits per heavy atom. The molecule has 0 amide bonds. The van der Waals surface area contributed by atoms with E-state index in [1.165, 1.54) is 89.9 Å². The van der Waals surface area contributed by atoms with Crippen molar-refractivity contribution in [2.24, 2.45) is 11.8 Å². The van der Waals surface area contributed by atoms with Crippen LogP contribution in [0.25, 0.3) is 0 Å². The van der Waals surface area contributed by atoms with Gasteiger partial charge in [-0.25, -0.2) is 0 Å². The molecule has 0 aromatic heterocycles. The van der Waals surface area contributed by atoms with Crippen LogP contribution < -0.4 is 0 Å². The molecule has 20 heavy (non-hydrogen) atoms. The highest BCUT2D eigenvalue weighted by Gasteiger charge is 2.25. The van der Waals surface area contributed by atoms with Gasteiger partial charge in [0.15, 0.2) is 0 Å². The molecule has 2 atom stereocenters. The molecule has 0 bridgehead atoms. The topological polar surface area (TPSA) is 0 Å². The highest BCUT2D eigenvalue weighted by molar-refractivity contribution is 4.76. The third kappa shape index (κ3) is 11.8. The molecule has 0 radical (unpaired) electrons. The number of hydrogen-bond acceptors (Lipinski definition) is 0. The molecule has 122 valence electrons. The predicted molar refractivity (Wildman–Crippen MR) is 94.3 cm³/mol. The fourth-order valence-electron chi connectivity index (χ4n) is 3.03. The monoisotopic (exact) mass is 282 g/mol. The SMILES string of the molecule is CCCCCC.CCCCCCCCCC1CCC1C. The lowest BCUT2D eigenvalue weighted by molar-refractivity contribution is 0.178. The number of unbranched alkanes of at least 4 members (excludes halogenated alkanes) is 9. The summed E-state index contributed by atoms with van der Waals surface area (Å²) in [5, 5.41) is 0. The quantitative estimate of drug-likeness (QED) is 0.340. The molecular weight excluding hydrogens is 240 g/mol. The van der Waals surface area contributed by atoms with Crippen molar-refractivity contribution in [3.05, 3.63) is 0 Å². The average molecular weight is 283 g/mol. The molecule has 1 aliphatic carbocycles. The van der Waals surface area contributed by atoms with Gasteiger partial charge in [0.2, 0.25) is 0 Å². The first-order chi connectivity index (χ1) is 9.76. The van der Waals surface area contributed by atoms with Gasteiger partial charge in [0.05, 0.1) is 0 Å². The van der Waals surface area contributed by atoms with Crippen LogP contribution in [0.15, 0.2) is 0 Å². The Bertz CT molecular complexity index is 169. The molecular formula is C20H42. The van der Waals surface area contributed by atoms with E-state index in [0.29, 0.717) is 0 Å². The maximum Gasteiger partial charge on any atom is -0.0388 e. The molecule has 0 aromatic rings. The van der Waals surface area contributed by atoms with Crippen LogP contribution in [0, 0.1) is 11.8 Å². The molecule has 1 saturated carbocycles. The molecule has 0 heterocycles. The van der Waals surface area contributed by atoms with Gasteiger partial charge in [-0.1, -0.05) is 111 Å². The van der Waals surface area contributed by atoms with Gasteiger partial charge < -0.3 is 0 Å². The van der Waals surface area contributed by atoms with Crippen molar-refractivity contribution in [3.63, 3.8) is 0 Å². The molecule has 1 rings (SSSR count). The fourth-order valence-corrected chi connectivity index (χ4v) is 3.03. The Morgan fingerprint density at radius 3 is 1.45 bits per heavy atom. The first-order valence-electron chi connectivity index (χ1n) is 9.76. The van der Waals surface area contributed by atoms with E-state index in [4.69, 9.17) is 0 Å². The standard InChI is InChI=1S/C14H28.C6H14/c1-3-4-5-6-7-8-9-10-14-12-11-13(14)2;1-3-5-6-4-2/h13-14H,3-12H2,1-2H3;3-6H2,1-2H3. The zero-order valence-electron chi connectivity index (χ0n) is 15.1. The first-order valence-corrected chi connectivity index (χ1v) is 9.76. The number of hydrogen-bond donors (Lipinski definition) is 0. The normalized spacial score (nSPS) is 21.0. The van der Waals surface area contributed by atoms with Crippen LogP contribution in [0.1, 0.15) is 118 Å². The Kier molecular flexibility index (Phi) is 15.4. The second-order valence-corrected chi connectivity index (χ2v) is 6.93. The third-order valence-corrected chi connectivity index (χ3v) is 4.93. The van der Waals surface area contributed by atoms with Gasteiger partial charge in [-0.2, -0.15) is 0 Å². The van der Waals surface area contributed by atoms with Crippen LogP contribution in [0.3, 0.4) is 0 Å². The summed E-state index contributed by atoms with van der Waals surface area (Å²) in [7, 11) is 0. The first kappa shape index (κ1) is 20.0. The summed E-state index contributed by atoms with van der Waals surface area (Å²) in [6.45, 7) is 9.18. The Balaban J connectivity index is 0.000000511. The summed E-state index contributed by atoms with van der Waals surface area (Å²) in [4.78, 5) is 0. The van der Waals surface area contributed by atoms with Crippen LogP contribution in [-0.4, -0.2) is 0 Å². The van der Waals surface area contributed by atoms with E-state index in [-0.39, 0.29) is 0 Å². The van der Waals surface area contributed by atoms with Crippen LogP contribution in [0.2, 0.25) is 0 Å². The third-order valence-electron chi connectivity index (χ3n) is 4.93. The molecule has 1 aliphatic rings. The minimum absolute atomic E-state index is 1.05. The summed E-state index contributed by atoms with van der Waals surface area (Å²) in [5.41, 5.74) is 0. The van der Waals surface area contributed by atoms with Crippen LogP contribution in [-0.2, 0) is 0 Å². The van der Waals surface area contributed by atoms with E-state index in [1.807, 2.05) is 0 Å². The van der Waals surface area contributed by atoms with E-state index in [1.54, 1.807) is 0 Å². The Labute approximate surface area is 130 Å². The van der Waals surface area contributed by atoms with Gasteiger partial charge in [0.1, 0.15) is 0 Å². The maximum absolute atomic E-state index is 2.43. The predicted octanol–water partition coefficient (Wildman–Crippen LogP) is 7.76. The highest BCUT2D eigenvalue weighted by atomic mass is 14.3. The highest BCUT2D eigenvalue weighted by Crippen LogP contribution is 2.37. The lowest BCUT2D eigenvalue weighted by atomic mass is 9.72. The molecule has 0 N–H and O–H groups in total. The lowest BCUT2D eigenvalue weighted by Gasteiger charge is -2.33. The molecule has 0 aromatic carbocycles. The van der Waals surface area contributed by atoms with E-state index in [9.17, 15) is 0 Å². The van der Waals surface area contributed by atoms with E-state index >= 15 is 0 Å². The van der Waals surface area contributed by atoms with Crippen LogP contribution in [0.4, 0.5) is 0 Å². The Morgan fingerprint density at radius 1 is 0.600 bits per heavy atom. The molecule has 0 spiro atoms. The van der Waals surface area contributed by atoms with E-state index in [0.717, 1.165) is 11.8 Å². The second-order valence-electron chi connectivity index (χ2n) is 6.93. The minimum Gasteiger partial charge on any atom is -0.0654 e. The summed E-state index contributed by atoms with van der Waals surface area (Å²) < 4.78 is 0. The largest absolute Gasteiger partial charge is 0.0654 e. The maximum atomic E-state index is 2.43. The molecule has 0 heteroatoms. The molecule has 2 unspecified atom stereocenters. The van der Waals surface area contributed by atoms with Crippen LogP contribution in [0.5, 0.6) is 0 Å². The Hall–Kier alpha value is 0. The molecule has 0 aliphatic heterocycles. The van der Waals surface area contributed by atoms with Gasteiger partial charge >= 0.3 is 0 Å². The zero-order valence-corrected chi connectivity index (χ0v) is 15.1. The molecule has 0 nitrogen and oxygen atoms in total. The van der Waals surface area contributed by atoms with Crippen molar-refractivity contribution in [2.45, 2.75) is 118 Å². The minimum atomic E-state index is 1.05. The van der Waals surface area contributed by atoms with Gasteiger partial charge in [0.25, 0.3) is 0 Å². The van der Waals surface area contributed by atoms with Crippen molar-refractivity contribution in [3.8, 4) is 0 Å². The van der Waals surface area contributed by atoms with E-state index in [2.05, 4.69) is 27.7 Å². The molecule has 0 saturated heterocycles. The summed E-state index contributed by atoms with van der Waals surface area (Å²) >= 11 is 0. The van der Waals surface area contributed by atoms with Crippen LogP contribution >= 0.6 is 0 Å². The van der Waals surface area contributed by atoms with Crippen molar-refractivity contribution in [2.75, 3.05) is 0 Å². The van der Waals surface area contributed by atoms with Crippen molar-refractivity contribution in [1.29, 1.82) is 0 Å². The lowest BCUT2D eigenvalue weighted by Crippen LogP contribution is -2.22. The van der Waals surface area contributed by atoms with Crippen molar-refractivity contribution in [1.82, 2.24) is 0 Å². The van der Waals surface area contributed by atoms with Gasteiger partial charge in [-0.3, -0.25) is 0 Å². The van der Waals surface area contributed by atoms with Crippen molar-refractivity contribution >= 4 is 0 Å².